The number of carbonyl (C=O) groups is 2. The standard InChI is InChI=1S/C26H20F2N4O2/c27-18-3-1-16(2-4-18)14-31-10-8-26(25(31)34)22-6-5-19(28)12-21(22)24(33)32(26)15-20-11-17-13-29-9-7-23(17)30-20/h1-7,9,11-13,30H,8,10,14-15H2/t26-/m0/s1. The Bertz CT molecular complexity index is 1420. The number of aromatic nitrogens is 2. The van der Waals surface area contributed by atoms with Crippen molar-refractivity contribution in [2.24, 2.45) is 0 Å². The average Bonchev–Trinajstić information content (AvgIpc) is 3.46. The Kier molecular flexibility index (Phi) is 4.52. The van der Waals surface area contributed by atoms with Crippen molar-refractivity contribution < 1.29 is 18.4 Å². The minimum atomic E-state index is -1.21. The van der Waals surface area contributed by atoms with Gasteiger partial charge in [-0.15, -0.1) is 0 Å². The van der Waals surface area contributed by atoms with E-state index in [1.165, 1.54) is 24.3 Å². The van der Waals surface area contributed by atoms with E-state index in [4.69, 9.17) is 0 Å². The average molecular weight is 458 g/mol. The van der Waals surface area contributed by atoms with Crippen molar-refractivity contribution >= 4 is 22.7 Å². The quantitative estimate of drug-likeness (QED) is 0.500. The summed E-state index contributed by atoms with van der Waals surface area (Å²) < 4.78 is 27.4. The van der Waals surface area contributed by atoms with Crippen molar-refractivity contribution in [1.82, 2.24) is 19.8 Å². The lowest BCUT2D eigenvalue weighted by atomic mass is 9.87. The summed E-state index contributed by atoms with van der Waals surface area (Å²) in [7, 11) is 0. The lowest BCUT2D eigenvalue weighted by molar-refractivity contribution is -0.137. The number of benzene rings is 2. The Hall–Kier alpha value is -4.07. The molecule has 4 aromatic rings. The van der Waals surface area contributed by atoms with Crippen LogP contribution in [0.3, 0.4) is 0 Å². The fraction of sp³-hybridized carbons (Fsp3) is 0.192. The Morgan fingerprint density at radius 2 is 1.76 bits per heavy atom. The summed E-state index contributed by atoms with van der Waals surface area (Å²) in [5.74, 6) is -1.45. The first-order chi connectivity index (χ1) is 16.5. The van der Waals surface area contributed by atoms with Crippen molar-refractivity contribution in [2.75, 3.05) is 6.54 Å². The van der Waals surface area contributed by atoms with Crippen molar-refractivity contribution in [1.29, 1.82) is 0 Å². The molecule has 0 aliphatic carbocycles. The number of pyridine rings is 1. The van der Waals surface area contributed by atoms with Gasteiger partial charge in [0.25, 0.3) is 11.8 Å². The highest BCUT2D eigenvalue weighted by Gasteiger charge is 2.59. The van der Waals surface area contributed by atoms with E-state index in [0.29, 0.717) is 25.1 Å². The highest BCUT2D eigenvalue weighted by Crippen LogP contribution is 2.47. The number of nitrogens with zero attached hydrogens (tertiary/aromatic N) is 3. The molecule has 6 rings (SSSR count). The van der Waals surface area contributed by atoms with Gasteiger partial charge in [0.1, 0.15) is 17.2 Å². The largest absolute Gasteiger partial charge is 0.357 e. The number of carbonyl (C=O) groups excluding carboxylic acids is 2. The zero-order chi connectivity index (χ0) is 23.4. The SMILES string of the molecule is O=C1c2cc(F)ccc2[C@]2(CCN(Cc3ccc(F)cc3)C2=O)N1Cc1cc2cnccc2[nH]1. The fourth-order valence-corrected chi connectivity index (χ4v) is 5.24. The summed E-state index contributed by atoms with van der Waals surface area (Å²) in [6, 6.07) is 13.8. The van der Waals surface area contributed by atoms with Crippen LogP contribution in [0.1, 0.15) is 33.6 Å². The smallest absolute Gasteiger partial charge is 0.255 e. The molecule has 2 amide bonds. The predicted octanol–water partition coefficient (Wildman–Crippen LogP) is 4.12. The van der Waals surface area contributed by atoms with Crippen LogP contribution in [0.15, 0.2) is 67.0 Å². The molecule has 0 bridgehead atoms. The van der Waals surface area contributed by atoms with Crippen molar-refractivity contribution in [3.63, 3.8) is 0 Å². The molecule has 170 valence electrons. The van der Waals surface area contributed by atoms with Gasteiger partial charge in [-0.05, 0) is 42.0 Å². The third-order valence-corrected chi connectivity index (χ3v) is 6.84. The first-order valence-electron chi connectivity index (χ1n) is 11.0. The van der Waals surface area contributed by atoms with Crippen molar-refractivity contribution in [2.45, 2.75) is 25.0 Å². The molecule has 0 radical (unpaired) electrons. The molecule has 2 aliphatic heterocycles. The second-order valence-corrected chi connectivity index (χ2v) is 8.80. The molecular formula is C26H20F2N4O2. The van der Waals surface area contributed by atoms with Gasteiger partial charge in [-0.25, -0.2) is 8.78 Å². The molecule has 6 nitrogen and oxygen atoms in total. The van der Waals surface area contributed by atoms with E-state index in [1.54, 1.807) is 40.4 Å². The van der Waals surface area contributed by atoms with Gasteiger partial charge in [0.2, 0.25) is 0 Å². The Balaban J connectivity index is 1.40. The molecule has 34 heavy (non-hydrogen) atoms. The van der Waals surface area contributed by atoms with E-state index in [9.17, 15) is 18.4 Å². The topological polar surface area (TPSA) is 69.3 Å². The lowest BCUT2D eigenvalue weighted by Gasteiger charge is -2.34. The number of likely N-dealkylation sites (tertiary alicyclic amines) is 1. The number of hydrogen-bond acceptors (Lipinski definition) is 3. The van der Waals surface area contributed by atoms with E-state index in [0.717, 1.165) is 22.2 Å². The molecular weight excluding hydrogens is 438 g/mol. The molecule has 1 spiro atoms. The number of nitrogens with one attached hydrogen (secondary N) is 1. The molecule has 2 aromatic carbocycles. The summed E-state index contributed by atoms with van der Waals surface area (Å²) in [6.07, 6.45) is 3.79. The third kappa shape index (κ3) is 3.02. The number of aromatic amines is 1. The van der Waals surface area contributed by atoms with Gasteiger partial charge in [-0.2, -0.15) is 0 Å². The minimum Gasteiger partial charge on any atom is -0.357 e. The molecule has 0 saturated carbocycles. The molecule has 2 aromatic heterocycles. The van der Waals surface area contributed by atoms with E-state index < -0.39 is 11.4 Å². The maximum absolute atomic E-state index is 14.1. The van der Waals surface area contributed by atoms with Crippen LogP contribution in [0, 0.1) is 11.6 Å². The summed E-state index contributed by atoms with van der Waals surface area (Å²) in [6.45, 7) is 0.894. The molecule has 1 atom stereocenters. The Morgan fingerprint density at radius 3 is 2.56 bits per heavy atom. The summed E-state index contributed by atoms with van der Waals surface area (Å²) in [5, 5.41) is 0.900. The van der Waals surface area contributed by atoms with Gasteiger partial charge in [0, 0.05) is 59.6 Å². The maximum Gasteiger partial charge on any atom is 0.255 e. The normalized spacial score (nSPS) is 19.6. The second-order valence-electron chi connectivity index (χ2n) is 8.80. The number of halogens is 2. The van der Waals surface area contributed by atoms with Crippen LogP contribution in [0.2, 0.25) is 0 Å². The van der Waals surface area contributed by atoms with Crippen LogP contribution < -0.4 is 0 Å². The zero-order valence-electron chi connectivity index (χ0n) is 18.1. The molecule has 4 heterocycles. The van der Waals surface area contributed by atoms with Gasteiger partial charge in [0.05, 0.1) is 6.54 Å². The molecule has 2 aliphatic rings. The fourth-order valence-electron chi connectivity index (χ4n) is 5.24. The number of amides is 2. The van der Waals surface area contributed by atoms with Crippen LogP contribution in [-0.2, 0) is 23.4 Å². The van der Waals surface area contributed by atoms with Gasteiger partial charge in [0.15, 0.2) is 0 Å². The first-order valence-corrected chi connectivity index (χ1v) is 11.0. The van der Waals surface area contributed by atoms with Crippen molar-refractivity contribution in [3.05, 3.63) is 101 Å². The van der Waals surface area contributed by atoms with Crippen LogP contribution in [0.4, 0.5) is 8.78 Å². The molecule has 1 fully saturated rings. The number of fused-ring (bicyclic) bond motifs is 3. The Morgan fingerprint density at radius 1 is 0.971 bits per heavy atom. The Labute approximate surface area is 193 Å². The predicted molar refractivity (Wildman–Crippen MR) is 120 cm³/mol. The molecule has 0 unspecified atom stereocenters. The lowest BCUT2D eigenvalue weighted by Crippen LogP contribution is -2.49. The third-order valence-electron chi connectivity index (χ3n) is 6.84. The maximum atomic E-state index is 14.1. The van der Waals surface area contributed by atoms with E-state index in [1.807, 2.05) is 12.1 Å². The van der Waals surface area contributed by atoms with E-state index in [-0.39, 0.29) is 29.7 Å². The number of H-pyrrole nitrogens is 1. The summed E-state index contributed by atoms with van der Waals surface area (Å²) in [4.78, 5) is 38.1. The van der Waals surface area contributed by atoms with Crippen molar-refractivity contribution in [3.8, 4) is 0 Å². The molecule has 1 N–H and O–H groups in total. The van der Waals surface area contributed by atoms with Gasteiger partial charge in [-0.1, -0.05) is 18.2 Å². The summed E-state index contributed by atoms with van der Waals surface area (Å²) in [5.41, 5.74) is 1.97. The first kappa shape index (κ1) is 20.5. The van der Waals surface area contributed by atoms with E-state index >= 15 is 0 Å². The second kappa shape index (κ2) is 7.48. The van der Waals surface area contributed by atoms with Gasteiger partial charge >= 0.3 is 0 Å². The van der Waals surface area contributed by atoms with Crippen LogP contribution in [0.5, 0.6) is 0 Å². The zero-order valence-corrected chi connectivity index (χ0v) is 18.1. The van der Waals surface area contributed by atoms with E-state index in [2.05, 4.69) is 9.97 Å². The van der Waals surface area contributed by atoms with Gasteiger partial charge < -0.3 is 14.8 Å². The number of hydrogen-bond donors (Lipinski definition) is 1. The van der Waals surface area contributed by atoms with Gasteiger partial charge in [-0.3, -0.25) is 14.6 Å². The molecule has 1 saturated heterocycles. The highest BCUT2D eigenvalue weighted by atomic mass is 19.1. The highest BCUT2D eigenvalue weighted by molar-refractivity contribution is 6.07. The summed E-state index contributed by atoms with van der Waals surface area (Å²) >= 11 is 0. The minimum absolute atomic E-state index is 0.167. The van der Waals surface area contributed by atoms with Crippen LogP contribution in [-0.4, -0.2) is 38.1 Å². The van der Waals surface area contributed by atoms with Crippen LogP contribution in [0.25, 0.3) is 10.9 Å². The van der Waals surface area contributed by atoms with Crippen LogP contribution >= 0.6 is 0 Å². The molecule has 8 heteroatoms. The monoisotopic (exact) mass is 458 g/mol. The number of rotatable bonds is 4.